The fourth-order valence-corrected chi connectivity index (χ4v) is 2.78. The van der Waals surface area contributed by atoms with Crippen LogP contribution in [0.3, 0.4) is 0 Å². The minimum atomic E-state index is -1.23. The number of aliphatic imine (C=N–C) groups is 1. The molecule has 1 aliphatic rings. The fraction of sp³-hybridized carbons (Fsp3) is 0.150. The first kappa shape index (κ1) is 19.0. The number of carboxylic acids is 1. The Kier molecular flexibility index (Phi) is 5.30. The number of carboxylic acid groups (broad SMARTS) is 1. The number of aryl methyl sites for hydroxylation is 1. The zero-order valence-corrected chi connectivity index (χ0v) is 15.0. The number of carbonyl (C=O) groups is 4. The van der Waals surface area contributed by atoms with E-state index in [-0.39, 0.29) is 12.1 Å². The number of urea groups is 1. The second-order valence-corrected chi connectivity index (χ2v) is 6.22. The van der Waals surface area contributed by atoms with Gasteiger partial charge in [-0.1, -0.05) is 30.3 Å². The summed E-state index contributed by atoms with van der Waals surface area (Å²) in [7, 11) is 0. The molecule has 2 N–H and O–H groups in total. The third kappa shape index (κ3) is 3.80. The predicted molar refractivity (Wildman–Crippen MR) is 101 cm³/mol. The predicted octanol–water partition coefficient (Wildman–Crippen LogP) is 2.16. The van der Waals surface area contributed by atoms with Gasteiger partial charge in [0.05, 0.1) is 17.8 Å². The molecule has 0 bridgehead atoms. The maximum absolute atomic E-state index is 12.7. The molecule has 8 heteroatoms. The van der Waals surface area contributed by atoms with Crippen LogP contribution >= 0.6 is 0 Å². The molecule has 1 saturated heterocycles. The van der Waals surface area contributed by atoms with Crippen molar-refractivity contribution in [3.05, 3.63) is 65.2 Å². The normalized spacial score (nSPS) is 17.1. The Balaban J connectivity index is 1.77. The van der Waals surface area contributed by atoms with Gasteiger partial charge in [0.15, 0.2) is 5.92 Å². The lowest BCUT2D eigenvalue weighted by Gasteiger charge is -2.29. The second kappa shape index (κ2) is 7.83. The summed E-state index contributed by atoms with van der Waals surface area (Å²) in [6, 6.07) is 12.2. The van der Waals surface area contributed by atoms with Crippen molar-refractivity contribution >= 4 is 35.7 Å². The van der Waals surface area contributed by atoms with Gasteiger partial charge < -0.3 is 5.11 Å². The molecule has 8 nitrogen and oxygen atoms in total. The average molecular weight is 379 g/mol. The van der Waals surface area contributed by atoms with E-state index in [2.05, 4.69) is 10.3 Å². The zero-order chi connectivity index (χ0) is 20.3. The number of imide groups is 2. The summed E-state index contributed by atoms with van der Waals surface area (Å²) in [6.07, 6.45) is 1.21. The molecule has 28 heavy (non-hydrogen) atoms. The van der Waals surface area contributed by atoms with E-state index in [4.69, 9.17) is 5.11 Å². The van der Waals surface area contributed by atoms with Crippen LogP contribution < -0.4 is 10.2 Å². The van der Waals surface area contributed by atoms with E-state index in [1.807, 2.05) is 0 Å². The third-order valence-electron chi connectivity index (χ3n) is 4.29. The molecule has 142 valence electrons. The van der Waals surface area contributed by atoms with E-state index in [9.17, 15) is 19.2 Å². The standard InChI is InChI=1S/C20H17N3O5/c1-12-4-2-3-5-16(12)23-18(25)15(17(24)22-20(23)28)11-21-10-13-6-8-14(9-7-13)19(26)27/h2-9,11,15H,10H2,1H3,(H,26,27)(H,22,24,28)/t15-/m1/s1. The van der Waals surface area contributed by atoms with Crippen LogP contribution in [0.5, 0.6) is 0 Å². The van der Waals surface area contributed by atoms with Gasteiger partial charge >= 0.3 is 12.0 Å². The van der Waals surface area contributed by atoms with Crippen molar-refractivity contribution < 1.29 is 24.3 Å². The Labute approximate surface area is 160 Å². The monoisotopic (exact) mass is 379 g/mol. The first-order valence-corrected chi connectivity index (χ1v) is 8.45. The summed E-state index contributed by atoms with van der Waals surface area (Å²) >= 11 is 0. The summed E-state index contributed by atoms with van der Waals surface area (Å²) in [5, 5.41) is 11.1. The molecule has 0 spiro atoms. The highest BCUT2D eigenvalue weighted by atomic mass is 16.4. The van der Waals surface area contributed by atoms with Gasteiger partial charge in [-0.15, -0.1) is 0 Å². The van der Waals surface area contributed by atoms with Crippen molar-refractivity contribution in [1.29, 1.82) is 0 Å². The first-order valence-electron chi connectivity index (χ1n) is 8.45. The highest BCUT2D eigenvalue weighted by molar-refractivity contribution is 6.32. The minimum absolute atomic E-state index is 0.155. The van der Waals surface area contributed by atoms with E-state index >= 15 is 0 Å². The number of anilines is 1. The summed E-state index contributed by atoms with van der Waals surface area (Å²) in [4.78, 5) is 53.0. The third-order valence-corrected chi connectivity index (χ3v) is 4.29. The fourth-order valence-electron chi connectivity index (χ4n) is 2.78. The van der Waals surface area contributed by atoms with Gasteiger partial charge in [0.2, 0.25) is 5.91 Å². The smallest absolute Gasteiger partial charge is 0.335 e. The lowest BCUT2D eigenvalue weighted by molar-refractivity contribution is -0.131. The maximum Gasteiger partial charge on any atom is 0.335 e. The van der Waals surface area contributed by atoms with Crippen molar-refractivity contribution in [3.8, 4) is 0 Å². The van der Waals surface area contributed by atoms with Crippen LogP contribution in [0.4, 0.5) is 10.5 Å². The number of amides is 4. The van der Waals surface area contributed by atoms with E-state index in [0.29, 0.717) is 5.69 Å². The van der Waals surface area contributed by atoms with E-state index in [1.54, 1.807) is 43.3 Å². The molecule has 1 atom stereocenters. The van der Waals surface area contributed by atoms with Crippen molar-refractivity contribution in [3.63, 3.8) is 0 Å². The summed E-state index contributed by atoms with van der Waals surface area (Å²) < 4.78 is 0. The summed E-state index contributed by atoms with van der Waals surface area (Å²) in [6.45, 7) is 1.92. The number of barbiturate groups is 1. The quantitative estimate of drug-likeness (QED) is 0.610. The van der Waals surface area contributed by atoms with Crippen molar-refractivity contribution in [2.75, 3.05) is 4.90 Å². The number of hydrogen-bond donors (Lipinski definition) is 2. The molecule has 0 radical (unpaired) electrons. The number of hydrogen-bond acceptors (Lipinski definition) is 5. The van der Waals surface area contributed by atoms with Gasteiger partial charge in [-0.25, -0.2) is 14.5 Å². The van der Waals surface area contributed by atoms with Gasteiger partial charge in [-0.2, -0.15) is 0 Å². The van der Waals surface area contributed by atoms with E-state index in [0.717, 1.165) is 16.0 Å². The number of aromatic carboxylic acids is 1. The Morgan fingerprint density at radius 1 is 1.14 bits per heavy atom. The Morgan fingerprint density at radius 3 is 2.46 bits per heavy atom. The summed E-state index contributed by atoms with van der Waals surface area (Å²) in [5.74, 6) is -3.66. The molecule has 0 aliphatic carbocycles. The van der Waals surface area contributed by atoms with Crippen LogP contribution in [-0.4, -0.2) is 35.1 Å². The van der Waals surface area contributed by atoms with E-state index < -0.39 is 29.7 Å². The lowest BCUT2D eigenvalue weighted by atomic mass is 10.0. The Bertz CT molecular complexity index is 982. The molecule has 1 fully saturated rings. The number of rotatable bonds is 5. The summed E-state index contributed by atoms with van der Waals surface area (Å²) in [5.41, 5.74) is 1.99. The lowest BCUT2D eigenvalue weighted by Crippen LogP contribution is -2.58. The van der Waals surface area contributed by atoms with Crippen LogP contribution in [-0.2, 0) is 16.1 Å². The van der Waals surface area contributed by atoms with Gasteiger partial charge in [0.25, 0.3) is 5.91 Å². The van der Waals surface area contributed by atoms with Crippen molar-refractivity contribution in [2.45, 2.75) is 13.5 Å². The zero-order valence-electron chi connectivity index (χ0n) is 15.0. The topological polar surface area (TPSA) is 116 Å². The van der Waals surface area contributed by atoms with E-state index in [1.165, 1.54) is 18.3 Å². The van der Waals surface area contributed by atoms with Gasteiger partial charge in [0.1, 0.15) is 0 Å². The molecule has 2 aromatic carbocycles. The Hall–Kier alpha value is -3.81. The highest BCUT2D eigenvalue weighted by Crippen LogP contribution is 2.23. The number of benzene rings is 2. The number of carbonyl (C=O) groups excluding carboxylic acids is 3. The van der Waals surface area contributed by atoms with Crippen LogP contribution in [0, 0.1) is 12.8 Å². The van der Waals surface area contributed by atoms with Gasteiger partial charge in [-0.05, 0) is 36.2 Å². The average Bonchev–Trinajstić information content (AvgIpc) is 2.66. The molecular weight excluding hydrogens is 362 g/mol. The van der Waals surface area contributed by atoms with Crippen molar-refractivity contribution in [2.24, 2.45) is 10.9 Å². The molecule has 0 saturated carbocycles. The van der Waals surface area contributed by atoms with Crippen LogP contribution in [0.15, 0.2) is 53.5 Å². The number of nitrogens with one attached hydrogen (secondary N) is 1. The SMILES string of the molecule is Cc1ccccc1N1C(=O)NC(=O)[C@@H](C=NCc2ccc(C(=O)O)cc2)C1=O. The molecule has 1 aliphatic heterocycles. The minimum Gasteiger partial charge on any atom is -0.478 e. The maximum atomic E-state index is 12.7. The number of para-hydroxylation sites is 1. The molecule has 1 heterocycles. The van der Waals surface area contributed by atoms with Crippen molar-refractivity contribution in [1.82, 2.24) is 5.32 Å². The first-order chi connectivity index (χ1) is 13.4. The van der Waals surface area contributed by atoms with Gasteiger partial charge in [-0.3, -0.25) is 19.9 Å². The molecule has 0 aromatic heterocycles. The second-order valence-electron chi connectivity index (χ2n) is 6.22. The Morgan fingerprint density at radius 2 is 1.82 bits per heavy atom. The van der Waals surface area contributed by atoms with Gasteiger partial charge in [0, 0.05) is 6.21 Å². The molecule has 3 rings (SSSR count). The molecule has 2 aromatic rings. The molecular formula is C20H17N3O5. The highest BCUT2D eigenvalue weighted by Gasteiger charge is 2.40. The van der Waals surface area contributed by atoms with Crippen LogP contribution in [0.2, 0.25) is 0 Å². The number of nitrogens with zero attached hydrogens (tertiary/aromatic N) is 2. The van der Waals surface area contributed by atoms with Crippen LogP contribution in [0.1, 0.15) is 21.5 Å². The molecule has 0 unspecified atom stereocenters. The largest absolute Gasteiger partial charge is 0.478 e. The van der Waals surface area contributed by atoms with Crippen LogP contribution in [0.25, 0.3) is 0 Å². The molecule has 4 amide bonds.